The van der Waals surface area contributed by atoms with Crippen molar-refractivity contribution in [3.63, 3.8) is 0 Å². The predicted octanol–water partition coefficient (Wildman–Crippen LogP) is 1.84. The van der Waals surface area contributed by atoms with Gasteiger partial charge in [0.2, 0.25) is 0 Å². The van der Waals surface area contributed by atoms with Crippen molar-refractivity contribution in [3.05, 3.63) is 0 Å². The molecule has 102 valence electrons. The second-order valence-electron chi connectivity index (χ2n) is 5.81. The Bertz CT molecular complexity index is 181. The highest BCUT2D eigenvalue weighted by Gasteiger charge is 2.17. The van der Waals surface area contributed by atoms with Gasteiger partial charge in [0.05, 0.1) is 13.2 Å². The molecule has 0 unspecified atom stereocenters. The van der Waals surface area contributed by atoms with Gasteiger partial charge in [-0.15, -0.1) is 0 Å². The average molecular weight is 242 g/mol. The highest BCUT2D eigenvalue weighted by Crippen LogP contribution is 2.19. The van der Waals surface area contributed by atoms with E-state index in [9.17, 15) is 0 Å². The number of ether oxygens (including phenoxy) is 1. The van der Waals surface area contributed by atoms with E-state index in [1.807, 2.05) is 0 Å². The molecule has 17 heavy (non-hydrogen) atoms. The van der Waals surface area contributed by atoms with Crippen molar-refractivity contribution in [2.45, 2.75) is 27.7 Å². The maximum atomic E-state index is 5.35. The van der Waals surface area contributed by atoms with Crippen LogP contribution in [0.15, 0.2) is 0 Å². The summed E-state index contributed by atoms with van der Waals surface area (Å²) in [5.41, 5.74) is 0. The van der Waals surface area contributed by atoms with E-state index in [1.165, 1.54) is 0 Å². The maximum Gasteiger partial charge on any atom is 0.0594 e. The normalized spacial score (nSPS) is 18.5. The third-order valence-electron chi connectivity index (χ3n) is 3.80. The van der Waals surface area contributed by atoms with Crippen LogP contribution in [0.3, 0.4) is 0 Å². The quantitative estimate of drug-likeness (QED) is 0.689. The summed E-state index contributed by atoms with van der Waals surface area (Å²) < 4.78 is 5.35. The molecule has 0 aromatic heterocycles. The molecule has 1 fully saturated rings. The Kier molecular flexibility index (Phi) is 7.09. The molecule has 0 bridgehead atoms. The zero-order valence-corrected chi connectivity index (χ0v) is 12.0. The molecule has 0 aromatic rings. The molecule has 0 radical (unpaired) electrons. The molecule has 0 spiro atoms. The smallest absolute Gasteiger partial charge is 0.0594 e. The van der Waals surface area contributed by atoms with E-state index < -0.39 is 0 Å². The Balaban J connectivity index is 2.09. The summed E-state index contributed by atoms with van der Waals surface area (Å²) in [5, 5.41) is 3.61. The summed E-state index contributed by atoms with van der Waals surface area (Å²) in [4.78, 5) is 2.48. The van der Waals surface area contributed by atoms with Gasteiger partial charge in [0.25, 0.3) is 0 Å². The topological polar surface area (TPSA) is 24.5 Å². The number of rotatable bonds is 7. The van der Waals surface area contributed by atoms with Crippen molar-refractivity contribution in [2.75, 3.05) is 45.9 Å². The first-order valence-corrected chi connectivity index (χ1v) is 7.12. The number of nitrogens with one attached hydrogen (secondary N) is 1. The Morgan fingerprint density at radius 3 is 2.18 bits per heavy atom. The fourth-order valence-corrected chi connectivity index (χ4v) is 2.57. The van der Waals surface area contributed by atoms with Gasteiger partial charge in [0.1, 0.15) is 0 Å². The second kappa shape index (κ2) is 8.06. The van der Waals surface area contributed by atoms with Crippen molar-refractivity contribution in [2.24, 2.45) is 17.8 Å². The predicted molar refractivity (Wildman–Crippen MR) is 73.3 cm³/mol. The third-order valence-corrected chi connectivity index (χ3v) is 3.80. The van der Waals surface area contributed by atoms with Crippen molar-refractivity contribution in [3.8, 4) is 0 Å². The minimum atomic E-state index is 0.769. The summed E-state index contributed by atoms with van der Waals surface area (Å²) in [5.74, 6) is 2.33. The first-order chi connectivity index (χ1) is 8.11. The van der Waals surface area contributed by atoms with Crippen LogP contribution in [0.4, 0.5) is 0 Å². The van der Waals surface area contributed by atoms with Crippen LogP contribution in [0, 0.1) is 17.8 Å². The SMILES string of the molecule is CC(C)C(CNCCN1CCOCC1)C(C)C. The van der Waals surface area contributed by atoms with Crippen molar-refractivity contribution < 1.29 is 4.74 Å². The first-order valence-electron chi connectivity index (χ1n) is 7.12. The van der Waals surface area contributed by atoms with E-state index in [1.54, 1.807) is 0 Å². The maximum absolute atomic E-state index is 5.35. The first kappa shape index (κ1) is 14.9. The zero-order valence-electron chi connectivity index (χ0n) is 12.0. The lowest BCUT2D eigenvalue weighted by atomic mass is 9.85. The van der Waals surface area contributed by atoms with Gasteiger partial charge in [-0.2, -0.15) is 0 Å². The van der Waals surface area contributed by atoms with E-state index in [0.717, 1.165) is 63.7 Å². The number of nitrogens with zero attached hydrogens (tertiary/aromatic N) is 1. The number of hydrogen-bond acceptors (Lipinski definition) is 3. The highest BCUT2D eigenvalue weighted by atomic mass is 16.5. The van der Waals surface area contributed by atoms with Crippen LogP contribution in [0.2, 0.25) is 0 Å². The van der Waals surface area contributed by atoms with Crippen LogP contribution in [-0.2, 0) is 4.74 Å². The standard InChI is InChI=1S/C14H30N2O/c1-12(2)14(13(3)4)11-15-5-6-16-7-9-17-10-8-16/h12-15H,5-11H2,1-4H3. The van der Waals surface area contributed by atoms with Crippen LogP contribution in [-0.4, -0.2) is 50.8 Å². The molecule has 0 amide bonds. The van der Waals surface area contributed by atoms with Gasteiger partial charge < -0.3 is 10.1 Å². The van der Waals surface area contributed by atoms with Gasteiger partial charge in [0, 0.05) is 26.2 Å². The lowest BCUT2D eigenvalue weighted by molar-refractivity contribution is 0.0382. The molecule has 1 N–H and O–H groups in total. The van der Waals surface area contributed by atoms with Crippen molar-refractivity contribution in [1.29, 1.82) is 0 Å². The molecule has 1 rings (SSSR count). The molecule has 1 aliphatic heterocycles. The molecule has 3 nitrogen and oxygen atoms in total. The van der Waals surface area contributed by atoms with Crippen LogP contribution in [0.1, 0.15) is 27.7 Å². The fourth-order valence-electron chi connectivity index (χ4n) is 2.57. The Morgan fingerprint density at radius 1 is 1.06 bits per heavy atom. The van der Waals surface area contributed by atoms with Gasteiger partial charge in [-0.05, 0) is 24.3 Å². The summed E-state index contributed by atoms with van der Waals surface area (Å²) in [6.45, 7) is 16.7. The minimum absolute atomic E-state index is 0.769. The summed E-state index contributed by atoms with van der Waals surface area (Å²) in [6.07, 6.45) is 0. The lowest BCUT2D eigenvalue weighted by Gasteiger charge is -2.28. The molecule has 0 atom stereocenters. The number of morpholine rings is 1. The summed E-state index contributed by atoms with van der Waals surface area (Å²) >= 11 is 0. The Hall–Kier alpha value is -0.120. The second-order valence-corrected chi connectivity index (χ2v) is 5.81. The van der Waals surface area contributed by atoms with Gasteiger partial charge in [-0.3, -0.25) is 4.90 Å². The van der Waals surface area contributed by atoms with Crippen LogP contribution < -0.4 is 5.32 Å². The van der Waals surface area contributed by atoms with E-state index >= 15 is 0 Å². The molecule has 1 heterocycles. The van der Waals surface area contributed by atoms with Gasteiger partial charge in [-0.1, -0.05) is 27.7 Å². The summed E-state index contributed by atoms with van der Waals surface area (Å²) in [7, 11) is 0. The van der Waals surface area contributed by atoms with Crippen molar-refractivity contribution in [1.82, 2.24) is 10.2 Å². The molecule has 0 aliphatic carbocycles. The summed E-state index contributed by atoms with van der Waals surface area (Å²) in [6, 6.07) is 0. The fraction of sp³-hybridized carbons (Fsp3) is 1.00. The third kappa shape index (κ3) is 5.84. The van der Waals surface area contributed by atoms with E-state index in [0.29, 0.717) is 0 Å². The Morgan fingerprint density at radius 2 is 1.65 bits per heavy atom. The van der Waals surface area contributed by atoms with E-state index in [2.05, 4.69) is 37.9 Å². The molecule has 0 saturated carbocycles. The van der Waals surface area contributed by atoms with Gasteiger partial charge in [0.15, 0.2) is 0 Å². The van der Waals surface area contributed by atoms with E-state index in [-0.39, 0.29) is 0 Å². The molecular formula is C14H30N2O. The molecular weight excluding hydrogens is 212 g/mol. The Labute approximate surface area is 107 Å². The largest absolute Gasteiger partial charge is 0.379 e. The van der Waals surface area contributed by atoms with Crippen LogP contribution in [0.5, 0.6) is 0 Å². The minimum Gasteiger partial charge on any atom is -0.379 e. The average Bonchev–Trinajstić information content (AvgIpc) is 2.29. The molecule has 1 aliphatic rings. The molecule has 0 aromatic carbocycles. The molecule has 3 heteroatoms. The lowest BCUT2D eigenvalue weighted by Crippen LogP contribution is -2.41. The van der Waals surface area contributed by atoms with Crippen LogP contribution >= 0.6 is 0 Å². The van der Waals surface area contributed by atoms with Crippen molar-refractivity contribution >= 4 is 0 Å². The van der Waals surface area contributed by atoms with Gasteiger partial charge in [-0.25, -0.2) is 0 Å². The molecule has 1 saturated heterocycles. The van der Waals surface area contributed by atoms with E-state index in [4.69, 9.17) is 4.74 Å². The number of hydrogen-bond donors (Lipinski definition) is 1. The highest BCUT2D eigenvalue weighted by molar-refractivity contribution is 4.70. The zero-order chi connectivity index (χ0) is 12.7. The van der Waals surface area contributed by atoms with Crippen LogP contribution in [0.25, 0.3) is 0 Å². The monoisotopic (exact) mass is 242 g/mol. The van der Waals surface area contributed by atoms with Gasteiger partial charge >= 0.3 is 0 Å².